The number of anilines is 2. The zero-order valence-corrected chi connectivity index (χ0v) is 20.0. The van der Waals surface area contributed by atoms with Crippen molar-refractivity contribution in [1.82, 2.24) is 4.31 Å². The quantitative estimate of drug-likeness (QED) is 0.538. The van der Waals surface area contributed by atoms with Crippen molar-refractivity contribution < 1.29 is 31.5 Å². The lowest BCUT2D eigenvalue weighted by Crippen LogP contribution is -2.37. The van der Waals surface area contributed by atoms with E-state index in [1.807, 2.05) is 4.90 Å². The minimum atomic E-state index is -4.12. The molecule has 0 atom stereocenters. The summed E-state index contributed by atoms with van der Waals surface area (Å²) in [5.74, 6) is -1.17. The molecule has 12 heteroatoms. The van der Waals surface area contributed by atoms with Crippen molar-refractivity contribution in [2.75, 3.05) is 49.0 Å². The van der Waals surface area contributed by atoms with Gasteiger partial charge < -0.3 is 14.7 Å². The molecular formula is C21H27N3O7S2. The molecule has 1 aliphatic rings. The number of carboxylic acids is 1. The van der Waals surface area contributed by atoms with Gasteiger partial charge in [-0.3, -0.25) is 4.72 Å². The largest absolute Gasteiger partial charge is 0.478 e. The summed E-state index contributed by atoms with van der Waals surface area (Å²) in [5.41, 5.74) is 0.602. The molecule has 10 nitrogen and oxygen atoms in total. The molecule has 0 radical (unpaired) electrons. The van der Waals surface area contributed by atoms with Crippen LogP contribution in [0.2, 0.25) is 0 Å². The van der Waals surface area contributed by atoms with E-state index in [4.69, 9.17) is 9.84 Å². The molecular weight excluding hydrogens is 470 g/mol. The number of nitrogens with zero attached hydrogens (tertiary/aromatic N) is 2. The zero-order chi connectivity index (χ0) is 24.2. The third-order valence-electron chi connectivity index (χ3n) is 5.32. The third kappa shape index (κ3) is 5.46. The predicted octanol–water partition coefficient (Wildman–Crippen LogP) is 2.05. The highest BCUT2D eigenvalue weighted by molar-refractivity contribution is 7.92. The first-order valence-corrected chi connectivity index (χ1v) is 13.4. The van der Waals surface area contributed by atoms with E-state index in [1.165, 1.54) is 40.7 Å². The topological polar surface area (TPSA) is 133 Å². The Morgan fingerprint density at radius 2 is 1.58 bits per heavy atom. The van der Waals surface area contributed by atoms with Crippen LogP contribution < -0.4 is 9.62 Å². The summed E-state index contributed by atoms with van der Waals surface area (Å²) in [5, 5.41) is 9.04. The normalized spacial score (nSPS) is 14.9. The molecule has 2 N–H and O–H groups in total. The number of benzene rings is 2. The fraction of sp³-hybridized carbons (Fsp3) is 0.381. The molecule has 1 fully saturated rings. The van der Waals surface area contributed by atoms with Gasteiger partial charge in [0.25, 0.3) is 10.0 Å². The first kappa shape index (κ1) is 25.0. The van der Waals surface area contributed by atoms with E-state index in [-0.39, 0.29) is 34.1 Å². The number of nitrogens with one attached hydrogen (secondary N) is 1. The Morgan fingerprint density at radius 1 is 1.00 bits per heavy atom. The van der Waals surface area contributed by atoms with Crippen LogP contribution in [-0.4, -0.2) is 71.6 Å². The number of rotatable bonds is 9. The van der Waals surface area contributed by atoms with Gasteiger partial charge in [0, 0.05) is 26.2 Å². The SMILES string of the molecule is CCN(CC)S(=O)(=O)c1ccc(N2CCOCC2)c(NS(=O)(=O)c2ccc(C(=O)O)cc2)c1. The number of morpholine rings is 1. The maximum Gasteiger partial charge on any atom is 0.335 e. The molecule has 2 aromatic rings. The van der Waals surface area contributed by atoms with Crippen LogP contribution in [0.15, 0.2) is 52.3 Å². The minimum Gasteiger partial charge on any atom is -0.478 e. The van der Waals surface area contributed by atoms with Gasteiger partial charge in [-0.05, 0) is 42.5 Å². The van der Waals surface area contributed by atoms with E-state index in [2.05, 4.69) is 4.72 Å². The first-order valence-electron chi connectivity index (χ1n) is 10.4. The Hall–Kier alpha value is -2.67. The summed E-state index contributed by atoms with van der Waals surface area (Å²) in [6.07, 6.45) is 0. The summed E-state index contributed by atoms with van der Waals surface area (Å²) in [7, 11) is -7.94. The average Bonchev–Trinajstić information content (AvgIpc) is 2.80. The maximum absolute atomic E-state index is 13.1. The highest BCUT2D eigenvalue weighted by Gasteiger charge is 2.26. The lowest BCUT2D eigenvalue weighted by atomic mass is 10.2. The standard InChI is InChI=1S/C21H27N3O7S2/c1-3-24(4-2)33(29,30)18-9-10-20(23-11-13-31-14-12-23)19(15-18)22-32(27,28)17-7-5-16(6-8-17)21(25)26/h5-10,15,22H,3-4,11-14H2,1-2H3,(H,25,26). The number of carbonyl (C=O) groups is 1. The van der Waals surface area contributed by atoms with E-state index in [0.29, 0.717) is 32.0 Å². The second-order valence-corrected chi connectivity index (χ2v) is 10.9. The van der Waals surface area contributed by atoms with E-state index < -0.39 is 26.0 Å². The molecule has 3 rings (SSSR count). The molecule has 180 valence electrons. The molecule has 0 aromatic heterocycles. The molecule has 1 aliphatic heterocycles. The van der Waals surface area contributed by atoms with Crippen LogP contribution in [0.4, 0.5) is 11.4 Å². The van der Waals surface area contributed by atoms with Crippen LogP contribution >= 0.6 is 0 Å². The molecule has 0 unspecified atom stereocenters. The molecule has 0 amide bonds. The Bertz CT molecular complexity index is 1200. The van der Waals surface area contributed by atoms with Crippen LogP contribution in [0.1, 0.15) is 24.2 Å². The first-order chi connectivity index (χ1) is 15.6. The van der Waals surface area contributed by atoms with E-state index in [9.17, 15) is 21.6 Å². The molecule has 0 saturated carbocycles. The van der Waals surface area contributed by atoms with Gasteiger partial charge in [-0.1, -0.05) is 13.8 Å². The van der Waals surface area contributed by atoms with Gasteiger partial charge in [-0.2, -0.15) is 4.31 Å². The lowest BCUT2D eigenvalue weighted by Gasteiger charge is -2.31. The molecule has 0 aliphatic carbocycles. The second-order valence-electron chi connectivity index (χ2n) is 7.30. The van der Waals surface area contributed by atoms with Crippen LogP contribution in [0.3, 0.4) is 0 Å². The number of hydrogen-bond acceptors (Lipinski definition) is 7. The monoisotopic (exact) mass is 497 g/mol. The smallest absolute Gasteiger partial charge is 0.335 e. The van der Waals surface area contributed by atoms with Crippen molar-refractivity contribution in [2.45, 2.75) is 23.6 Å². The van der Waals surface area contributed by atoms with Crippen molar-refractivity contribution in [3.05, 3.63) is 48.0 Å². The van der Waals surface area contributed by atoms with Crippen LogP contribution in [0.25, 0.3) is 0 Å². The molecule has 0 bridgehead atoms. The fourth-order valence-corrected chi connectivity index (χ4v) is 6.08. The number of hydrogen-bond donors (Lipinski definition) is 2. The minimum absolute atomic E-state index is 0.0258. The fourth-order valence-electron chi connectivity index (χ4n) is 3.53. The highest BCUT2D eigenvalue weighted by Crippen LogP contribution is 2.32. The lowest BCUT2D eigenvalue weighted by molar-refractivity contribution is 0.0696. The number of sulfonamides is 2. The number of aromatic carboxylic acids is 1. The molecule has 0 spiro atoms. The third-order valence-corrected chi connectivity index (χ3v) is 8.75. The van der Waals surface area contributed by atoms with Crippen LogP contribution in [-0.2, 0) is 24.8 Å². The zero-order valence-electron chi connectivity index (χ0n) is 18.4. The van der Waals surface area contributed by atoms with E-state index in [0.717, 1.165) is 0 Å². The molecule has 2 aromatic carbocycles. The summed E-state index contributed by atoms with van der Waals surface area (Å²) >= 11 is 0. The van der Waals surface area contributed by atoms with Gasteiger partial charge in [0.15, 0.2) is 0 Å². The van der Waals surface area contributed by atoms with Crippen molar-refractivity contribution in [1.29, 1.82) is 0 Å². The van der Waals surface area contributed by atoms with Crippen molar-refractivity contribution in [3.8, 4) is 0 Å². The summed E-state index contributed by atoms with van der Waals surface area (Å²) < 4.78 is 61.3. The van der Waals surface area contributed by atoms with Gasteiger partial charge >= 0.3 is 5.97 Å². The van der Waals surface area contributed by atoms with Crippen molar-refractivity contribution >= 4 is 37.4 Å². The summed E-state index contributed by atoms with van der Waals surface area (Å²) in [6.45, 7) is 5.97. The molecule has 1 heterocycles. The Labute approximate surface area is 193 Å². The van der Waals surface area contributed by atoms with Gasteiger partial charge in [0.05, 0.1) is 39.9 Å². The Balaban J connectivity index is 2.05. The molecule has 33 heavy (non-hydrogen) atoms. The van der Waals surface area contributed by atoms with Gasteiger partial charge in [-0.25, -0.2) is 21.6 Å². The molecule has 1 saturated heterocycles. The van der Waals surface area contributed by atoms with Gasteiger partial charge in [0.2, 0.25) is 10.0 Å². The summed E-state index contributed by atoms with van der Waals surface area (Å²) in [4.78, 5) is 12.8. The Morgan fingerprint density at radius 3 is 2.12 bits per heavy atom. The maximum atomic E-state index is 13.1. The highest BCUT2D eigenvalue weighted by atomic mass is 32.2. The van der Waals surface area contributed by atoms with Crippen molar-refractivity contribution in [2.24, 2.45) is 0 Å². The van der Waals surface area contributed by atoms with Gasteiger partial charge in [0.1, 0.15) is 0 Å². The van der Waals surface area contributed by atoms with E-state index in [1.54, 1.807) is 19.9 Å². The van der Waals surface area contributed by atoms with Crippen LogP contribution in [0.5, 0.6) is 0 Å². The second kappa shape index (κ2) is 10.1. The van der Waals surface area contributed by atoms with E-state index >= 15 is 0 Å². The predicted molar refractivity (Wildman–Crippen MR) is 124 cm³/mol. The average molecular weight is 498 g/mol. The van der Waals surface area contributed by atoms with Crippen molar-refractivity contribution in [3.63, 3.8) is 0 Å². The van der Waals surface area contributed by atoms with Crippen LogP contribution in [0, 0.1) is 0 Å². The number of carboxylic acid groups (broad SMARTS) is 1. The van der Waals surface area contributed by atoms with Gasteiger partial charge in [-0.15, -0.1) is 0 Å². The summed E-state index contributed by atoms with van der Waals surface area (Å²) in [6, 6.07) is 9.15. The number of ether oxygens (including phenoxy) is 1. The Kier molecular flexibility index (Phi) is 7.62.